The van der Waals surface area contributed by atoms with Crippen LogP contribution < -0.4 is 5.32 Å². The molecule has 0 spiro atoms. The number of hydrogen-bond donors (Lipinski definition) is 1. The summed E-state index contributed by atoms with van der Waals surface area (Å²) < 4.78 is 54.2. The lowest BCUT2D eigenvalue weighted by Gasteiger charge is -2.11. The molecule has 0 aliphatic heterocycles. The van der Waals surface area contributed by atoms with Crippen molar-refractivity contribution in [3.63, 3.8) is 0 Å². The van der Waals surface area contributed by atoms with Crippen molar-refractivity contribution in [2.75, 3.05) is 5.32 Å². The number of hydrogen-bond acceptors (Lipinski definition) is 2. The smallest absolute Gasteiger partial charge is 0.310 e. The molecule has 1 N–H and O–H groups in total. The molecule has 4 rings (SSSR count). The largest absolute Gasteiger partial charge is 0.416 e. The topological polar surface area (TPSA) is 46.9 Å². The van der Waals surface area contributed by atoms with Crippen molar-refractivity contribution >= 4 is 22.9 Å². The zero-order valence-corrected chi connectivity index (χ0v) is 16.2. The lowest BCUT2D eigenvalue weighted by molar-refractivity contribution is -0.137. The van der Waals surface area contributed by atoms with E-state index in [1.165, 1.54) is 18.2 Å². The molecule has 1 aromatic heterocycles. The van der Waals surface area contributed by atoms with E-state index >= 15 is 0 Å². The molecule has 1 heterocycles. The van der Waals surface area contributed by atoms with Gasteiger partial charge in [0.2, 0.25) is 5.95 Å². The van der Waals surface area contributed by atoms with E-state index in [1.807, 2.05) is 30.3 Å². The summed E-state index contributed by atoms with van der Waals surface area (Å²) in [6, 6.07) is 17.8. The van der Waals surface area contributed by atoms with Crippen molar-refractivity contribution in [1.82, 2.24) is 9.55 Å². The van der Waals surface area contributed by atoms with Crippen LogP contribution in [0.2, 0.25) is 0 Å². The number of carbonyl (C=O) groups excluding carboxylic acids is 1. The predicted octanol–water partition coefficient (Wildman–Crippen LogP) is 5.69. The van der Waals surface area contributed by atoms with Crippen LogP contribution in [0.1, 0.15) is 21.5 Å². The summed E-state index contributed by atoms with van der Waals surface area (Å²) in [4.78, 5) is 16.8. The highest BCUT2D eigenvalue weighted by molar-refractivity contribution is 6.04. The van der Waals surface area contributed by atoms with Gasteiger partial charge in [-0.15, -0.1) is 0 Å². The van der Waals surface area contributed by atoms with Gasteiger partial charge in [0, 0.05) is 12.1 Å². The molecule has 0 atom stereocenters. The number of alkyl halides is 3. The minimum absolute atomic E-state index is 0.122. The van der Waals surface area contributed by atoms with Crippen LogP contribution in [0.4, 0.5) is 23.5 Å². The molecular formula is C23H17F4N3O. The van der Waals surface area contributed by atoms with E-state index in [9.17, 15) is 22.4 Å². The van der Waals surface area contributed by atoms with Crippen molar-refractivity contribution < 1.29 is 22.4 Å². The molecule has 0 unspecified atom stereocenters. The minimum atomic E-state index is -4.50. The first-order valence-electron chi connectivity index (χ1n) is 9.49. The van der Waals surface area contributed by atoms with Gasteiger partial charge in [-0.3, -0.25) is 10.1 Å². The van der Waals surface area contributed by atoms with Crippen LogP contribution in [0, 0.1) is 5.82 Å². The molecule has 0 aliphatic rings. The summed E-state index contributed by atoms with van der Waals surface area (Å²) >= 11 is 0. The maximum absolute atomic E-state index is 13.1. The van der Waals surface area contributed by atoms with E-state index in [1.54, 1.807) is 4.57 Å². The maximum Gasteiger partial charge on any atom is 0.416 e. The number of benzene rings is 3. The lowest BCUT2D eigenvalue weighted by atomic mass is 10.1. The number of aromatic nitrogens is 2. The molecule has 0 saturated carbocycles. The molecule has 0 saturated heterocycles. The first-order valence-corrected chi connectivity index (χ1v) is 9.49. The van der Waals surface area contributed by atoms with Crippen molar-refractivity contribution in [2.45, 2.75) is 19.1 Å². The van der Waals surface area contributed by atoms with Crippen molar-refractivity contribution in [2.24, 2.45) is 0 Å². The molecule has 31 heavy (non-hydrogen) atoms. The Kier molecular flexibility index (Phi) is 5.46. The zero-order valence-electron chi connectivity index (χ0n) is 16.2. The van der Waals surface area contributed by atoms with Gasteiger partial charge in [-0.2, -0.15) is 13.2 Å². The van der Waals surface area contributed by atoms with Gasteiger partial charge in [-0.05, 0) is 54.4 Å². The Labute approximate surface area is 175 Å². The van der Waals surface area contributed by atoms with Crippen LogP contribution in [0.3, 0.4) is 0 Å². The number of nitrogens with one attached hydrogen (secondary N) is 1. The number of fused-ring (bicyclic) bond motifs is 1. The SMILES string of the molecule is O=C(Nc1nc2cc(C(F)(F)F)ccc2n1CCc1ccccc1)c1ccc(F)cc1. The highest BCUT2D eigenvalue weighted by Crippen LogP contribution is 2.32. The summed E-state index contributed by atoms with van der Waals surface area (Å²) in [6.07, 6.45) is -3.91. The Bertz CT molecular complexity index is 1220. The summed E-state index contributed by atoms with van der Waals surface area (Å²) in [5, 5.41) is 2.64. The fourth-order valence-electron chi connectivity index (χ4n) is 3.29. The second-order valence-corrected chi connectivity index (χ2v) is 6.98. The van der Waals surface area contributed by atoms with Gasteiger partial charge in [0.05, 0.1) is 16.6 Å². The van der Waals surface area contributed by atoms with Gasteiger partial charge in [0.25, 0.3) is 5.91 Å². The van der Waals surface area contributed by atoms with Gasteiger partial charge in [-0.25, -0.2) is 9.37 Å². The molecule has 0 aliphatic carbocycles. The van der Waals surface area contributed by atoms with Crippen LogP contribution in [-0.4, -0.2) is 15.5 Å². The van der Waals surface area contributed by atoms with Crippen LogP contribution in [0.15, 0.2) is 72.8 Å². The number of imidazole rings is 1. The number of rotatable bonds is 5. The second kappa shape index (κ2) is 8.22. The second-order valence-electron chi connectivity index (χ2n) is 6.98. The van der Waals surface area contributed by atoms with Crippen LogP contribution in [-0.2, 0) is 19.1 Å². The average Bonchev–Trinajstić information content (AvgIpc) is 3.09. The Morgan fingerprint density at radius 1 is 0.968 bits per heavy atom. The number of anilines is 1. The summed E-state index contributed by atoms with van der Waals surface area (Å²) in [7, 11) is 0. The van der Waals surface area contributed by atoms with Crippen LogP contribution in [0.5, 0.6) is 0 Å². The lowest BCUT2D eigenvalue weighted by Crippen LogP contribution is -2.16. The molecule has 3 aromatic carbocycles. The van der Waals surface area contributed by atoms with Gasteiger partial charge in [0.1, 0.15) is 5.82 Å². The van der Waals surface area contributed by atoms with Gasteiger partial charge >= 0.3 is 6.18 Å². The molecule has 1 amide bonds. The summed E-state index contributed by atoms with van der Waals surface area (Å²) in [5.74, 6) is -0.891. The van der Waals surface area contributed by atoms with Gasteiger partial charge in [0.15, 0.2) is 0 Å². The number of carbonyl (C=O) groups is 1. The summed E-state index contributed by atoms with van der Waals surface area (Å²) in [6.45, 7) is 0.394. The summed E-state index contributed by atoms with van der Waals surface area (Å²) in [5.41, 5.74) is 1.02. The van der Waals surface area contributed by atoms with Crippen LogP contribution in [0.25, 0.3) is 11.0 Å². The molecular weight excluding hydrogens is 410 g/mol. The molecule has 4 nitrogen and oxygen atoms in total. The Morgan fingerprint density at radius 3 is 2.35 bits per heavy atom. The maximum atomic E-state index is 13.1. The quantitative estimate of drug-likeness (QED) is 0.416. The molecule has 0 fully saturated rings. The van der Waals surface area contributed by atoms with Gasteiger partial charge in [-0.1, -0.05) is 30.3 Å². The van der Waals surface area contributed by atoms with Crippen molar-refractivity contribution in [1.29, 1.82) is 0 Å². The number of amides is 1. The fraction of sp³-hybridized carbons (Fsp3) is 0.130. The third kappa shape index (κ3) is 4.58. The Morgan fingerprint density at radius 2 is 1.68 bits per heavy atom. The Hall–Kier alpha value is -3.68. The molecule has 8 heteroatoms. The number of nitrogens with zero attached hydrogens (tertiary/aromatic N) is 2. The van der Waals surface area contributed by atoms with E-state index in [4.69, 9.17) is 0 Å². The first-order chi connectivity index (χ1) is 14.8. The highest BCUT2D eigenvalue weighted by Gasteiger charge is 2.31. The van der Waals surface area contributed by atoms with E-state index in [0.717, 1.165) is 29.8 Å². The monoisotopic (exact) mass is 427 g/mol. The first kappa shape index (κ1) is 20.6. The van der Waals surface area contributed by atoms with Crippen molar-refractivity contribution in [3.05, 3.63) is 95.3 Å². The average molecular weight is 427 g/mol. The third-order valence-corrected chi connectivity index (χ3v) is 4.87. The van der Waals surface area contributed by atoms with E-state index in [0.29, 0.717) is 18.5 Å². The van der Waals surface area contributed by atoms with Crippen LogP contribution >= 0.6 is 0 Å². The highest BCUT2D eigenvalue weighted by atomic mass is 19.4. The number of aryl methyl sites for hydroxylation is 2. The fourth-order valence-corrected chi connectivity index (χ4v) is 3.29. The Balaban J connectivity index is 1.70. The van der Waals surface area contributed by atoms with Gasteiger partial charge < -0.3 is 4.57 Å². The standard InChI is InChI=1S/C23H17F4N3O/c24-18-9-6-16(7-10-18)21(31)29-22-28-19-14-17(23(25,26)27)8-11-20(19)30(22)13-12-15-4-2-1-3-5-15/h1-11,14H,12-13H2,(H,28,29,31). The number of halogens is 4. The predicted molar refractivity (Wildman–Crippen MR) is 109 cm³/mol. The molecule has 158 valence electrons. The minimum Gasteiger partial charge on any atom is -0.310 e. The molecule has 0 radical (unpaired) electrons. The normalized spacial score (nSPS) is 11.6. The zero-order chi connectivity index (χ0) is 22.0. The van der Waals surface area contributed by atoms with E-state index < -0.39 is 23.5 Å². The van der Waals surface area contributed by atoms with E-state index in [-0.39, 0.29) is 17.0 Å². The molecule has 4 aromatic rings. The third-order valence-electron chi connectivity index (χ3n) is 4.87. The van der Waals surface area contributed by atoms with E-state index in [2.05, 4.69) is 10.3 Å². The molecule has 0 bridgehead atoms. The van der Waals surface area contributed by atoms with Crippen molar-refractivity contribution in [3.8, 4) is 0 Å².